The standard InChI is InChI=1S/C22H25F2N3O2/c1-16(28)25-11-10-21(29)26-12-14-27(15-13-26)22(17-2-6-19(23)7-3-17)18-4-8-20(24)9-5-18/h2-9,22H,10-15H2,1H3,(H,25,28). The molecular weight excluding hydrogens is 376 g/mol. The molecule has 0 saturated carbocycles. The number of carbonyl (C=O) groups is 2. The summed E-state index contributed by atoms with van der Waals surface area (Å²) >= 11 is 0. The summed E-state index contributed by atoms with van der Waals surface area (Å²) in [5.74, 6) is -0.745. The van der Waals surface area contributed by atoms with Gasteiger partial charge in [-0.2, -0.15) is 0 Å². The highest BCUT2D eigenvalue weighted by Gasteiger charge is 2.28. The van der Waals surface area contributed by atoms with E-state index in [0.29, 0.717) is 32.7 Å². The number of carbonyl (C=O) groups excluding carboxylic acids is 2. The molecule has 0 bridgehead atoms. The lowest BCUT2D eigenvalue weighted by Crippen LogP contribution is -2.50. The summed E-state index contributed by atoms with van der Waals surface area (Å²) in [6.45, 7) is 4.18. The van der Waals surface area contributed by atoms with Crippen LogP contribution in [0.5, 0.6) is 0 Å². The number of nitrogens with one attached hydrogen (secondary N) is 1. The quantitative estimate of drug-likeness (QED) is 0.810. The molecule has 1 heterocycles. The second-order valence-electron chi connectivity index (χ2n) is 7.16. The van der Waals surface area contributed by atoms with E-state index in [4.69, 9.17) is 0 Å². The van der Waals surface area contributed by atoms with Crippen LogP contribution in [0.1, 0.15) is 30.5 Å². The van der Waals surface area contributed by atoms with Crippen LogP contribution in [0.2, 0.25) is 0 Å². The van der Waals surface area contributed by atoms with Crippen LogP contribution in [0.4, 0.5) is 8.78 Å². The summed E-state index contributed by atoms with van der Waals surface area (Å²) in [4.78, 5) is 27.3. The molecule has 0 atom stereocenters. The third kappa shape index (κ3) is 5.60. The van der Waals surface area contributed by atoms with Crippen molar-refractivity contribution in [2.24, 2.45) is 0 Å². The predicted octanol–water partition coefficient (Wildman–Crippen LogP) is 2.72. The molecule has 0 unspecified atom stereocenters. The summed E-state index contributed by atoms with van der Waals surface area (Å²) in [7, 11) is 0. The lowest BCUT2D eigenvalue weighted by Gasteiger charge is -2.40. The van der Waals surface area contributed by atoms with E-state index in [1.807, 2.05) is 0 Å². The second kappa shape index (κ2) is 9.60. The predicted molar refractivity (Wildman–Crippen MR) is 106 cm³/mol. The molecular formula is C22H25F2N3O2. The molecule has 0 spiro atoms. The van der Waals surface area contributed by atoms with Crippen molar-refractivity contribution in [2.45, 2.75) is 19.4 Å². The maximum Gasteiger partial charge on any atom is 0.224 e. The Morgan fingerprint density at radius 2 is 1.38 bits per heavy atom. The molecule has 7 heteroatoms. The molecule has 3 rings (SSSR count). The fourth-order valence-electron chi connectivity index (χ4n) is 3.64. The van der Waals surface area contributed by atoms with Crippen LogP contribution in [-0.4, -0.2) is 54.3 Å². The van der Waals surface area contributed by atoms with Gasteiger partial charge in [0.1, 0.15) is 11.6 Å². The minimum absolute atomic E-state index is 0.0125. The zero-order valence-corrected chi connectivity index (χ0v) is 16.4. The molecule has 1 aliphatic heterocycles. The van der Waals surface area contributed by atoms with Crippen molar-refractivity contribution in [1.29, 1.82) is 0 Å². The van der Waals surface area contributed by atoms with Crippen molar-refractivity contribution in [3.05, 3.63) is 71.3 Å². The Morgan fingerprint density at radius 3 is 1.83 bits per heavy atom. The second-order valence-corrected chi connectivity index (χ2v) is 7.16. The molecule has 1 saturated heterocycles. The maximum absolute atomic E-state index is 13.4. The minimum atomic E-state index is -0.304. The van der Waals surface area contributed by atoms with Gasteiger partial charge in [0.2, 0.25) is 11.8 Å². The third-order valence-electron chi connectivity index (χ3n) is 5.12. The fraction of sp³-hybridized carbons (Fsp3) is 0.364. The van der Waals surface area contributed by atoms with Crippen molar-refractivity contribution < 1.29 is 18.4 Å². The monoisotopic (exact) mass is 401 g/mol. The van der Waals surface area contributed by atoms with Gasteiger partial charge in [-0.1, -0.05) is 24.3 Å². The summed E-state index contributed by atoms with van der Waals surface area (Å²) in [6.07, 6.45) is 0.277. The SMILES string of the molecule is CC(=O)NCCC(=O)N1CCN(C(c2ccc(F)cc2)c2ccc(F)cc2)CC1. The van der Waals surface area contributed by atoms with Gasteiger partial charge in [0.05, 0.1) is 6.04 Å². The Kier molecular flexibility index (Phi) is 6.93. The highest BCUT2D eigenvalue weighted by Crippen LogP contribution is 2.30. The molecule has 1 fully saturated rings. The first-order chi connectivity index (χ1) is 13.9. The number of amides is 2. The Morgan fingerprint density at radius 1 is 0.897 bits per heavy atom. The number of hydrogen-bond acceptors (Lipinski definition) is 3. The van der Waals surface area contributed by atoms with Crippen LogP contribution in [0.15, 0.2) is 48.5 Å². The Hall–Kier alpha value is -2.80. The minimum Gasteiger partial charge on any atom is -0.356 e. The molecule has 0 aliphatic carbocycles. The number of rotatable bonds is 6. The molecule has 5 nitrogen and oxygen atoms in total. The molecule has 1 aliphatic rings. The molecule has 2 aromatic carbocycles. The van der Waals surface area contributed by atoms with Crippen LogP contribution in [0.25, 0.3) is 0 Å². The van der Waals surface area contributed by atoms with Crippen LogP contribution in [0.3, 0.4) is 0 Å². The van der Waals surface area contributed by atoms with Gasteiger partial charge in [-0.25, -0.2) is 8.78 Å². The van der Waals surface area contributed by atoms with Crippen LogP contribution >= 0.6 is 0 Å². The van der Waals surface area contributed by atoms with Gasteiger partial charge in [-0.05, 0) is 35.4 Å². The van der Waals surface area contributed by atoms with Gasteiger partial charge in [0.25, 0.3) is 0 Å². The molecule has 2 aromatic rings. The topological polar surface area (TPSA) is 52.7 Å². The van der Waals surface area contributed by atoms with E-state index in [1.54, 1.807) is 29.2 Å². The number of nitrogens with zero attached hydrogens (tertiary/aromatic N) is 2. The Balaban J connectivity index is 1.70. The maximum atomic E-state index is 13.4. The largest absolute Gasteiger partial charge is 0.356 e. The fourth-order valence-corrected chi connectivity index (χ4v) is 3.64. The smallest absolute Gasteiger partial charge is 0.224 e. The molecule has 154 valence electrons. The Bertz CT molecular complexity index is 787. The van der Waals surface area contributed by atoms with E-state index in [1.165, 1.54) is 31.2 Å². The first kappa shape index (κ1) is 20.9. The van der Waals surface area contributed by atoms with Crippen LogP contribution in [-0.2, 0) is 9.59 Å². The van der Waals surface area contributed by atoms with Crippen molar-refractivity contribution >= 4 is 11.8 Å². The molecule has 0 radical (unpaired) electrons. The van der Waals surface area contributed by atoms with Gasteiger partial charge in [-0.15, -0.1) is 0 Å². The zero-order valence-electron chi connectivity index (χ0n) is 16.4. The van der Waals surface area contributed by atoms with E-state index >= 15 is 0 Å². The zero-order chi connectivity index (χ0) is 20.8. The average Bonchev–Trinajstić information content (AvgIpc) is 2.71. The van der Waals surface area contributed by atoms with Crippen LogP contribution in [0, 0.1) is 11.6 Å². The summed E-state index contributed by atoms with van der Waals surface area (Å²) in [6, 6.07) is 12.5. The highest BCUT2D eigenvalue weighted by molar-refractivity contribution is 5.78. The average molecular weight is 401 g/mol. The molecule has 0 aromatic heterocycles. The van der Waals surface area contributed by atoms with Gasteiger partial charge in [0, 0.05) is 46.1 Å². The van der Waals surface area contributed by atoms with Gasteiger partial charge < -0.3 is 10.2 Å². The third-order valence-corrected chi connectivity index (χ3v) is 5.12. The summed E-state index contributed by atoms with van der Waals surface area (Å²) in [5.41, 5.74) is 1.84. The number of piperazine rings is 1. The summed E-state index contributed by atoms with van der Waals surface area (Å²) in [5, 5.41) is 2.64. The van der Waals surface area contributed by atoms with E-state index < -0.39 is 0 Å². The van der Waals surface area contributed by atoms with Gasteiger partial charge in [0.15, 0.2) is 0 Å². The number of benzene rings is 2. The first-order valence-electron chi connectivity index (χ1n) is 9.71. The van der Waals surface area contributed by atoms with Crippen molar-refractivity contribution in [2.75, 3.05) is 32.7 Å². The molecule has 1 N–H and O–H groups in total. The molecule has 29 heavy (non-hydrogen) atoms. The highest BCUT2D eigenvalue weighted by atomic mass is 19.1. The lowest BCUT2D eigenvalue weighted by molar-refractivity contribution is -0.133. The lowest BCUT2D eigenvalue weighted by atomic mass is 9.96. The first-order valence-corrected chi connectivity index (χ1v) is 9.71. The number of halogens is 2. The number of hydrogen-bond donors (Lipinski definition) is 1. The normalized spacial score (nSPS) is 14.8. The van der Waals surface area contributed by atoms with Crippen LogP contribution < -0.4 is 5.32 Å². The van der Waals surface area contributed by atoms with E-state index in [-0.39, 0.29) is 35.9 Å². The van der Waals surface area contributed by atoms with Crippen molar-refractivity contribution in [3.63, 3.8) is 0 Å². The van der Waals surface area contributed by atoms with Gasteiger partial charge >= 0.3 is 0 Å². The molecule has 2 amide bonds. The Labute approximate surface area is 169 Å². The van der Waals surface area contributed by atoms with Crippen molar-refractivity contribution in [1.82, 2.24) is 15.1 Å². The van der Waals surface area contributed by atoms with E-state index in [2.05, 4.69) is 10.2 Å². The summed E-state index contributed by atoms with van der Waals surface area (Å²) < 4.78 is 26.8. The van der Waals surface area contributed by atoms with E-state index in [0.717, 1.165) is 11.1 Å². The van der Waals surface area contributed by atoms with Gasteiger partial charge in [-0.3, -0.25) is 14.5 Å². The van der Waals surface area contributed by atoms with Crippen molar-refractivity contribution in [3.8, 4) is 0 Å². The van der Waals surface area contributed by atoms with E-state index in [9.17, 15) is 18.4 Å².